The highest BCUT2D eigenvalue weighted by atomic mass is 35.5. The van der Waals surface area contributed by atoms with E-state index in [1.807, 2.05) is 13.8 Å². The second-order valence-corrected chi connectivity index (χ2v) is 5.94. The van der Waals surface area contributed by atoms with Gasteiger partial charge in [-0.3, -0.25) is 4.79 Å². The predicted molar refractivity (Wildman–Crippen MR) is 76.0 cm³/mol. The average molecular weight is 301 g/mol. The fraction of sp³-hybridized carbons (Fsp3) is 0.167. The number of anilines is 1. The van der Waals surface area contributed by atoms with Gasteiger partial charge in [0.05, 0.1) is 15.1 Å². The van der Waals surface area contributed by atoms with Gasteiger partial charge in [0.2, 0.25) is 0 Å². The van der Waals surface area contributed by atoms with Crippen molar-refractivity contribution in [2.45, 2.75) is 13.8 Å². The van der Waals surface area contributed by atoms with Crippen molar-refractivity contribution in [3.8, 4) is 0 Å². The summed E-state index contributed by atoms with van der Waals surface area (Å²) in [6.07, 6.45) is 0. The van der Waals surface area contributed by atoms with Crippen molar-refractivity contribution in [3.63, 3.8) is 0 Å². The van der Waals surface area contributed by atoms with Gasteiger partial charge in [-0.05, 0) is 32.0 Å². The molecule has 2 aromatic rings. The highest BCUT2D eigenvalue weighted by Gasteiger charge is 2.14. The highest BCUT2D eigenvalue weighted by molar-refractivity contribution is 7.11. The van der Waals surface area contributed by atoms with Gasteiger partial charge in [-0.15, -0.1) is 11.3 Å². The average Bonchev–Trinajstić information content (AvgIpc) is 2.63. The van der Waals surface area contributed by atoms with Crippen LogP contribution < -0.4 is 5.32 Å². The van der Waals surface area contributed by atoms with Crippen molar-refractivity contribution in [2.24, 2.45) is 0 Å². The first-order chi connectivity index (χ1) is 8.47. The minimum Gasteiger partial charge on any atom is -0.321 e. The summed E-state index contributed by atoms with van der Waals surface area (Å²) in [6.45, 7) is 3.74. The highest BCUT2D eigenvalue weighted by Crippen LogP contribution is 2.25. The predicted octanol–water partition coefficient (Wildman–Crippen LogP) is 4.32. The molecule has 1 aromatic heterocycles. The molecule has 94 valence electrons. The molecule has 0 atom stereocenters. The summed E-state index contributed by atoms with van der Waals surface area (Å²) >= 11 is 13.2. The molecule has 0 saturated carbocycles. The van der Waals surface area contributed by atoms with E-state index in [0.717, 1.165) is 9.88 Å². The number of aryl methyl sites for hydroxylation is 2. The summed E-state index contributed by atoms with van der Waals surface area (Å²) in [7, 11) is 0. The van der Waals surface area contributed by atoms with Crippen LogP contribution >= 0.6 is 34.5 Å². The smallest absolute Gasteiger partial charge is 0.275 e. The van der Waals surface area contributed by atoms with E-state index < -0.39 is 0 Å². The van der Waals surface area contributed by atoms with Gasteiger partial charge in [0, 0.05) is 10.6 Å². The van der Waals surface area contributed by atoms with Gasteiger partial charge in [-0.1, -0.05) is 23.2 Å². The molecule has 1 amide bonds. The van der Waals surface area contributed by atoms with Crippen molar-refractivity contribution >= 4 is 46.1 Å². The molecule has 0 bridgehead atoms. The van der Waals surface area contributed by atoms with E-state index in [2.05, 4.69) is 10.3 Å². The molecule has 1 N–H and O–H groups in total. The van der Waals surface area contributed by atoms with Crippen LogP contribution in [0.15, 0.2) is 18.2 Å². The van der Waals surface area contributed by atoms with Crippen LogP contribution in [0, 0.1) is 13.8 Å². The lowest BCUT2D eigenvalue weighted by Gasteiger charge is -2.05. The van der Waals surface area contributed by atoms with Crippen molar-refractivity contribution in [1.82, 2.24) is 4.98 Å². The molecule has 3 nitrogen and oxygen atoms in total. The largest absolute Gasteiger partial charge is 0.321 e. The zero-order chi connectivity index (χ0) is 13.3. The molecule has 0 aliphatic rings. The maximum atomic E-state index is 12.0. The van der Waals surface area contributed by atoms with E-state index in [4.69, 9.17) is 23.2 Å². The molecule has 0 spiro atoms. The topological polar surface area (TPSA) is 42.0 Å². The molecule has 6 heteroatoms. The van der Waals surface area contributed by atoms with E-state index in [0.29, 0.717) is 21.4 Å². The standard InChI is InChI=1S/C12H10Cl2N2OS/c1-6-11(15-7(2)18-6)12(17)16-8-3-4-9(13)10(14)5-8/h3-5H,1-2H3,(H,16,17). The van der Waals surface area contributed by atoms with Gasteiger partial charge in [0.25, 0.3) is 5.91 Å². The first kappa shape index (κ1) is 13.3. The molecular weight excluding hydrogens is 291 g/mol. The molecule has 2 rings (SSSR count). The summed E-state index contributed by atoms with van der Waals surface area (Å²) in [5.74, 6) is -0.241. The lowest BCUT2D eigenvalue weighted by Crippen LogP contribution is -2.13. The molecule has 1 aromatic carbocycles. The SMILES string of the molecule is Cc1nc(C(=O)Nc2ccc(Cl)c(Cl)c2)c(C)s1. The fourth-order valence-corrected chi connectivity index (χ4v) is 2.62. The van der Waals surface area contributed by atoms with Gasteiger partial charge >= 0.3 is 0 Å². The molecular formula is C12H10Cl2N2OS. The molecule has 18 heavy (non-hydrogen) atoms. The zero-order valence-corrected chi connectivity index (χ0v) is 12.1. The van der Waals surface area contributed by atoms with E-state index >= 15 is 0 Å². The second kappa shape index (κ2) is 5.26. The Morgan fingerprint density at radius 3 is 2.56 bits per heavy atom. The lowest BCUT2D eigenvalue weighted by molar-refractivity contribution is 0.102. The van der Waals surface area contributed by atoms with E-state index in [1.165, 1.54) is 11.3 Å². The van der Waals surface area contributed by atoms with Crippen LogP contribution in [0.2, 0.25) is 10.0 Å². The molecule has 0 aliphatic carbocycles. The number of carbonyl (C=O) groups is 1. The van der Waals surface area contributed by atoms with Crippen molar-refractivity contribution in [1.29, 1.82) is 0 Å². The number of thiazole rings is 1. The van der Waals surface area contributed by atoms with Crippen LogP contribution in [0.3, 0.4) is 0 Å². The Bertz CT molecular complexity index is 610. The lowest BCUT2D eigenvalue weighted by atomic mass is 10.3. The summed E-state index contributed by atoms with van der Waals surface area (Å²) in [4.78, 5) is 17.1. The zero-order valence-electron chi connectivity index (χ0n) is 9.75. The second-order valence-electron chi connectivity index (χ2n) is 3.72. The normalized spacial score (nSPS) is 10.4. The Morgan fingerprint density at radius 2 is 2.00 bits per heavy atom. The Morgan fingerprint density at radius 1 is 1.28 bits per heavy atom. The fourth-order valence-electron chi connectivity index (χ4n) is 1.50. The number of carbonyl (C=O) groups excluding carboxylic acids is 1. The Hall–Kier alpha value is -1.10. The van der Waals surface area contributed by atoms with Crippen LogP contribution in [0.5, 0.6) is 0 Å². The summed E-state index contributed by atoms with van der Waals surface area (Å²) < 4.78 is 0. The third-order valence-electron chi connectivity index (χ3n) is 2.30. The number of nitrogens with one attached hydrogen (secondary N) is 1. The van der Waals surface area contributed by atoms with E-state index in [-0.39, 0.29) is 5.91 Å². The molecule has 0 radical (unpaired) electrons. The van der Waals surface area contributed by atoms with Gasteiger partial charge in [-0.25, -0.2) is 4.98 Å². The van der Waals surface area contributed by atoms with Crippen molar-refractivity contribution < 1.29 is 4.79 Å². The maximum Gasteiger partial charge on any atom is 0.275 e. The van der Waals surface area contributed by atoms with Gasteiger partial charge < -0.3 is 5.32 Å². The van der Waals surface area contributed by atoms with Gasteiger partial charge in [0.1, 0.15) is 5.69 Å². The summed E-state index contributed by atoms with van der Waals surface area (Å²) in [5, 5.41) is 4.47. The van der Waals surface area contributed by atoms with Crippen LogP contribution in [-0.2, 0) is 0 Å². The number of rotatable bonds is 2. The van der Waals surface area contributed by atoms with Crippen molar-refractivity contribution in [3.05, 3.63) is 43.8 Å². The first-order valence-corrected chi connectivity index (χ1v) is 6.75. The van der Waals surface area contributed by atoms with Gasteiger partial charge in [0.15, 0.2) is 0 Å². The van der Waals surface area contributed by atoms with Crippen LogP contribution in [0.1, 0.15) is 20.4 Å². The first-order valence-electron chi connectivity index (χ1n) is 5.18. The number of aromatic nitrogens is 1. The third-order valence-corrected chi connectivity index (χ3v) is 3.92. The summed E-state index contributed by atoms with van der Waals surface area (Å²) in [6, 6.07) is 4.94. The minimum absolute atomic E-state index is 0.241. The van der Waals surface area contributed by atoms with Crippen LogP contribution in [0.4, 0.5) is 5.69 Å². The number of hydrogen-bond acceptors (Lipinski definition) is 3. The maximum absolute atomic E-state index is 12.0. The van der Waals surface area contributed by atoms with E-state index in [1.54, 1.807) is 18.2 Å². The Balaban J connectivity index is 2.21. The number of hydrogen-bond donors (Lipinski definition) is 1. The summed E-state index contributed by atoms with van der Waals surface area (Å²) in [5.41, 5.74) is 1.04. The Labute approximate surface area is 119 Å². The molecule has 0 saturated heterocycles. The van der Waals surface area contributed by atoms with Crippen molar-refractivity contribution in [2.75, 3.05) is 5.32 Å². The molecule has 0 aliphatic heterocycles. The molecule has 0 fully saturated rings. The number of halogens is 2. The molecule has 1 heterocycles. The number of amides is 1. The third kappa shape index (κ3) is 2.83. The minimum atomic E-state index is -0.241. The molecule has 0 unspecified atom stereocenters. The number of benzene rings is 1. The van der Waals surface area contributed by atoms with Crippen LogP contribution in [-0.4, -0.2) is 10.9 Å². The quantitative estimate of drug-likeness (QED) is 0.897. The van der Waals surface area contributed by atoms with Gasteiger partial charge in [-0.2, -0.15) is 0 Å². The van der Waals surface area contributed by atoms with Crippen LogP contribution in [0.25, 0.3) is 0 Å². The van der Waals surface area contributed by atoms with E-state index in [9.17, 15) is 4.79 Å². The monoisotopic (exact) mass is 300 g/mol. The Kier molecular flexibility index (Phi) is 3.90. The number of nitrogens with zero attached hydrogens (tertiary/aromatic N) is 1.